The zero-order valence-electron chi connectivity index (χ0n) is 32.1. The summed E-state index contributed by atoms with van der Waals surface area (Å²) in [6, 6.07) is 21.1. The van der Waals surface area contributed by atoms with Crippen LogP contribution < -0.4 is 15.1 Å². The molecule has 0 unspecified atom stereocenters. The maximum Gasteiger partial charge on any atom is 0.255 e. The predicted octanol–water partition coefficient (Wildman–Crippen LogP) is 6.71. The topological polar surface area (TPSA) is 96.4 Å². The van der Waals surface area contributed by atoms with Crippen molar-refractivity contribution >= 4 is 29.1 Å². The van der Waals surface area contributed by atoms with Gasteiger partial charge >= 0.3 is 0 Å². The summed E-state index contributed by atoms with van der Waals surface area (Å²) in [4.78, 5) is 46.5. The van der Waals surface area contributed by atoms with Gasteiger partial charge in [-0.2, -0.15) is 0 Å². The Balaban J connectivity index is 0.830. The molecule has 3 aromatic rings. The molecule has 3 atom stereocenters. The van der Waals surface area contributed by atoms with E-state index in [1.807, 2.05) is 18.2 Å². The number of carbonyl (C=O) groups excluding carboxylic acids is 3. The molecule has 4 aliphatic heterocycles. The number of aryl methyl sites for hydroxylation is 1. The molecule has 3 saturated heterocycles. The first-order chi connectivity index (χ1) is 26.3. The molecule has 9 nitrogen and oxygen atoms in total. The van der Waals surface area contributed by atoms with E-state index in [2.05, 4.69) is 76.3 Å². The monoisotopic (exact) mass is 731 g/mol. The molecule has 8 rings (SSSR count). The molecular formula is C45H57N5O4. The number of piperazine rings is 1. The lowest BCUT2D eigenvalue weighted by atomic mass is 9.68. The average molecular weight is 732 g/mol. The third-order valence-electron chi connectivity index (χ3n) is 13.5. The molecule has 5 aliphatic rings. The lowest BCUT2D eigenvalue weighted by Gasteiger charge is -2.40. The van der Waals surface area contributed by atoms with Crippen LogP contribution in [0.15, 0.2) is 60.7 Å². The number of imide groups is 1. The van der Waals surface area contributed by atoms with Gasteiger partial charge < -0.3 is 19.8 Å². The van der Waals surface area contributed by atoms with Gasteiger partial charge in [-0.05, 0) is 121 Å². The third kappa shape index (κ3) is 7.48. The van der Waals surface area contributed by atoms with Gasteiger partial charge in [0.25, 0.3) is 5.91 Å². The number of hydrogen-bond acceptors (Lipinski definition) is 7. The summed E-state index contributed by atoms with van der Waals surface area (Å²) in [5.74, 6) is 2.12. The minimum Gasteiger partial charge on any atom is -0.508 e. The molecule has 4 heterocycles. The third-order valence-corrected chi connectivity index (χ3v) is 13.5. The van der Waals surface area contributed by atoms with Crippen molar-refractivity contribution < 1.29 is 19.5 Å². The van der Waals surface area contributed by atoms with Crippen LogP contribution in [0.3, 0.4) is 0 Å². The molecule has 3 aromatic carbocycles. The van der Waals surface area contributed by atoms with Gasteiger partial charge in [-0.25, -0.2) is 0 Å². The summed E-state index contributed by atoms with van der Waals surface area (Å²) in [5.41, 5.74) is 8.24. The fourth-order valence-corrected chi connectivity index (χ4v) is 10.2. The van der Waals surface area contributed by atoms with E-state index in [1.165, 1.54) is 60.9 Å². The van der Waals surface area contributed by atoms with Crippen LogP contribution in [-0.4, -0.2) is 84.5 Å². The normalized spacial score (nSPS) is 23.9. The molecule has 286 valence electrons. The van der Waals surface area contributed by atoms with Crippen molar-refractivity contribution in [2.75, 3.05) is 55.6 Å². The Bertz CT molecular complexity index is 1840. The predicted molar refractivity (Wildman–Crippen MR) is 213 cm³/mol. The number of hydrogen-bond donors (Lipinski definition) is 2. The second-order valence-electron chi connectivity index (χ2n) is 16.6. The summed E-state index contributed by atoms with van der Waals surface area (Å²) in [6.07, 6.45) is 9.06. The number of fused-ring (bicyclic) bond motifs is 2. The van der Waals surface area contributed by atoms with Crippen molar-refractivity contribution in [3.05, 3.63) is 88.5 Å². The van der Waals surface area contributed by atoms with Gasteiger partial charge in [0.05, 0.1) is 0 Å². The summed E-state index contributed by atoms with van der Waals surface area (Å²) in [7, 11) is 0. The SMILES string of the molecule is CCC(CC)C[C@@H]1CCc2cc(O)ccc2[C@@H]1c1ccc(N2CCC(CN3CCN(c4ccc5c(c4)CN([C@@H]4CCC(=O)NC4=O)C5=O)CC3)CC2)cc1. The van der Waals surface area contributed by atoms with Crippen LogP contribution in [0, 0.1) is 17.8 Å². The van der Waals surface area contributed by atoms with Gasteiger partial charge in [0, 0.05) is 81.6 Å². The second kappa shape index (κ2) is 15.8. The first kappa shape index (κ1) is 36.6. The number of nitrogens with zero attached hydrogens (tertiary/aromatic N) is 4. The standard InChI is InChI=1S/C45H57N5O4/c1-3-30(4-2)25-34-6-5-33-27-38(51)12-14-39(33)43(34)32-7-9-36(10-8-32)48-19-17-31(18-20-48)28-47-21-23-49(24-22-47)37-11-13-40-35(26-37)29-50(45(40)54)41-15-16-42(52)46-44(41)53/h7-14,26-27,30-31,34,41,43,51H,3-6,15-25,28-29H2,1-2H3,(H,46,52,53)/t34-,41+,43+/m0/s1. The quantitative estimate of drug-likeness (QED) is 0.224. The van der Waals surface area contributed by atoms with Crippen molar-refractivity contribution in [3.63, 3.8) is 0 Å². The number of rotatable bonds is 10. The number of carbonyl (C=O) groups is 3. The number of amides is 3. The molecule has 1 aliphatic carbocycles. The Morgan fingerprint density at radius 3 is 2.20 bits per heavy atom. The molecule has 0 spiro atoms. The van der Waals surface area contributed by atoms with Crippen LogP contribution in [0.4, 0.5) is 11.4 Å². The Hall–Kier alpha value is -4.37. The number of phenols is 1. The lowest BCUT2D eigenvalue weighted by molar-refractivity contribution is -0.136. The summed E-state index contributed by atoms with van der Waals surface area (Å²) in [6.45, 7) is 12.4. The van der Waals surface area contributed by atoms with E-state index in [1.54, 1.807) is 4.90 Å². The van der Waals surface area contributed by atoms with Crippen molar-refractivity contribution in [1.82, 2.24) is 15.1 Å². The van der Waals surface area contributed by atoms with Crippen LogP contribution in [-0.2, 0) is 22.6 Å². The molecule has 0 saturated carbocycles. The molecule has 0 radical (unpaired) electrons. The van der Waals surface area contributed by atoms with E-state index in [0.29, 0.717) is 42.0 Å². The smallest absolute Gasteiger partial charge is 0.255 e. The number of anilines is 2. The summed E-state index contributed by atoms with van der Waals surface area (Å²) < 4.78 is 0. The maximum absolute atomic E-state index is 13.2. The zero-order chi connectivity index (χ0) is 37.3. The van der Waals surface area contributed by atoms with Gasteiger partial charge in [-0.1, -0.05) is 44.9 Å². The van der Waals surface area contributed by atoms with Gasteiger partial charge in [0.2, 0.25) is 11.8 Å². The molecule has 3 fully saturated rings. The zero-order valence-corrected chi connectivity index (χ0v) is 32.1. The molecule has 9 heteroatoms. The highest BCUT2D eigenvalue weighted by Gasteiger charge is 2.39. The Morgan fingerprint density at radius 2 is 1.48 bits per heavy atom. The van der Waals surface area contributed by atoms with E-state index in [9.17, 15) is 19.5 Å². The van der Waals surface area contributed by atoms with Crippen LogP contribution in [0.2, 0.25) is 0 Å². The largest absolute Gasteiger partial charge is 0.508 e. The van der Waals surface area contributed by atoms with E-state index in [-0.39, 0.29) is 24.1 Å². The van der Waals surface area contributed by atoms with Gasteiger partial charge in [0.1, 0.15) is 11.8 Å². The summed E-state index contributed by atoms with van der Waals surface area (Å²) in [5, 5.41) is 12.6. The molecule has 3 amide bonds. The van der Waals surface area contributed by atoms with Gasteiger partial charge in [-0.15, -0.1) is 0 Å². The van der Waals surface area contributed by atoms with Crippen LogP contribution in [0.5, 0.6) is 5.75 Å². The van der Waals surface area contributed by atoms with Crippen molar-refractivity contribution in [3.8, 4) is 5.75 Å². The number of phenolic OH excluding ortho intramolecular Hbond substituents is 1. The number of benzene rings is 3. The number of aromatic hydroxyl groups is 1. The van der Waals surface area contributed by atoms with Crippen LogP contribution >= 0.6 is 0 Å². The average Bonchev–Trinajstić information content (AvgIpc) is 3.52. The van der Waals surface area contributed by atoms with E-state index < -0.39 is 6.04 Å². The van der Waals surface area contributed by atoms with Crippen LogP contribution in [0.25, 0.3) is 0 Å². The number of piperidine rings is 2. The van der Waals surface area contributed by atoms with Gasteiger partial charge in [-0.3, -0.25) is 24.6 Å². The fraction of sp³-hybridized carbons (Fsp3) is 0.533. The van der Waals surface area contributed by atoms with Crippen molar-refractivity contribution in [1.29, 1.82) is 0 Å². The van der Waals surface area contributed by atoms with E-state index in [0.717, 1.165) is 69.4 Å². The Morgan fingerprint density at radius 1 is 0.759 bits per heavy atom. The highest BCUT2D eigenvalue weighted by Crippen LogP contribution is 2.45. The number of nitrogens with one attached hydrogen (secondary N) is 1. The van der Waals surface area contributed by atoms with Crippen LogP contribution in [0.1, 0.15) is 104 Å². The highest BCUT2D eigenvalue weighted by molar-refractivity contribution is 6.05. The maximum atomic E-state index is 13.2. The van der Waals surface area contributed by atoms with Crippen molar-refractivity contribution in [2.45, 2.75) is 90.1 Å². The molecule has 54 heavy (non-hydrogen) atoms. The molecular weight excluding hydrogens is 675 g/mol. The van der Waals surface area contributed by atoms with Gasteiger partial charge in [0.15, 0.2) is 0 Å². The van der Waals surface area contributed by atoms with Crippen molar-refractivity contribution in [2.24, 2.45) is 17.8 Å². The van der Waals surface area contributed by atoms with E-state index >= 15 is 0 Å². The first-order valence-corrected chi connectivity index (χ1v) is 20.7. The second-order valence-corrected chi connectivity index (χ2v) is 16.6. The van der Waals surface area contributed by atoms with E-state index in [4.69, 9.17) is 0 Å². The molecule has 0 aromatic heterocycles. The minimum absolute atomic E-state index is 0.117. The highest BCUT2D eigenvalue weighted by atomic mass is 16.3. The molecule has 0 bridgehead atoms. The fourth-order valence-electron chi connectivity index (χ4n) is 10.2. The molecule has 2 N–H and O–H groups in total. The Kier molecular flexibility index (Phi) is 10.7. The summed E-state index contributed by atoms with van der Waals surface area (Å²) >= 11 is 0. The first-order valence-electron chi connectivity index (χ1n) is 20.7. The minimum atomic E-state index is -0.582. The lowest BCUT2D eigenvalue weighted by Crippen LogP contribution is -2.52. The Labute approximate surface area is 320 Å².